The van der Waals surface area contributed by atoms with Gasteiger partial charge in [0.2, 0.25) is 0 Å². The highest BCUT2D eigenvalue weighted by Gasteiger charge is 2.04. The Balaban J connectivity index is 2.29. The summed E-state index contributed by atoms with van der Waals surface area (Å²) in [5.41, 5.74) is 8.34. The van der Waals surface area contributed by atoms with Gasteiger partial charge in [0.15, 0.2) is 5.16 Å². The van der Waals surface area contributed by atoms with Crippen LogP contribution in [-0.2, 0) is 6.42 Å². The van der Waals surface area contributed by atoms with Crippen molar-refractivity contribution in [1.29, 1.82) is 0 Å². The van der Waals surface area contributed by atoms with E-state index in [9.17, 15) is 4.79 Å². The maximum atomic E-state index is 11.6. The standard InChI is InChI=1S/C14H17N3OS/c1-3-4-11-8-13(18)17-14(16-11)19-12-6-9(2)5-10(15)7-12/h5-8H,3-4,15H2,1-2H3,(H,16,17,18). The van der Waals surface area contributed by atoms with Crippen molar-refractivity contribution in [2.24, 2.45) is 0 Å². The molecule has 100 valence electrons. The van der Waals surface area contributed by atoms with Crippen LogP contribution in [0.2, 0.25) is 0 Å². The van der Waals surface area contributed by atoms with E-state index in [2.05, 4.69) is 16.9 Å². The van der Waals surface area contributed by atoms with Gasteiger partial charge in [0.1, 0.15) is 0 Å². The van der Waals surface area contributed by atoms with Gasteiger partial charge in [-0.15, -0.1) is 0 Å². The first-order chi connectivity index (χ1) is 9.06. The summed E-state index contributed by atoms with van der Waals surface area (Å²) in [6.07, 6.45) is 1.78. The summed E-state index contributed by atoms with van der Waals surface area (Å²) in [5.74, 6) is 0. The van der Waals surface area contributed by atoms with Crippen molar-refractivity contribution in [2.45, 2.75) is 36.7 Å². The molecule has 2 aromatic rings. The van der Waals surface area contributed by atoms with Crippen molar-refractivity contribution in [3.05, 3.63) is 45.9 Å². The van der Waals surface area contributed by atoms with E-state index in [0.717, 1.165) is 34.7 Å². The maximum absolute atomic E-state index is 11.6. The van der Waals surface area contributed by atoms with E-state index in [1.807, 2.05) is 25.1 Å². The van der Waals surface area contributed by atoms with Crippen LogP contribution in [0.5, 0.6) is 0 Å². The molecule has 1 aromatic carbocycles. The van der Waals surface area contributed by atoms with Crippen LogP contribution in [-0.4, -0.2) is 9.97 Å². The van der Waals surface area contributed by atoms with Crippen LogP contribution in [0, 0.1) is 6.92 Å². The van der Waals surface area contributed by atoms with Crippen LogP contribution in [0.1, 0.15) is 24.6 Å². The lowest BCUT2D eigenvalue weighted by Crippen LogP contribution is -2.09. The second kappa shape index (κ2) is 5.93. The molecule has 5 heteroatoms. The molecule has 0 aliphatic heterocycles. The molecular formula is C14H17N3OS. The smallest absolute Gasteiger partial charge is 0.251 e. The van der Waals surface area contributed by atoms with Gasteiger partial charge in [0.25, 0.3) is 5.56 Å². The van der Waals surface area contributed by atoms with E-state index in [-0.39, 0.29) is 5.56 Å². The molecule has 0 aliphatic rings. The van der Waals surface area contributed by atoms with Crippen molar-refractivity contribution in [1.82, 2.24) is 9.97 Å². The molecule has 0 bridgehead atoms. The number of benzene rings is 1. The first-order valence-electron chi connectivity index (χ1n) is 6.22. The van der Waals surface area contributed by atoms with Gasteiger partial charge in [-0.05, 0) is 37.1 Å². The summed E-state index contributed by atoms with van der Waals surface area (Å²) in [6, 6.07) is 7.36. The van der Waals surface area contributed by atoms with Crippen molar-refractivity contribution in [2.75, 3.05) is 5.73 Å². The predicted molar refractivity (Wildman–Crippen MR) is 78.6 cm³/mol. The van der Waals surface area contributed by atoms with Crippen molar-refractivity contribution in [3.63, 3.8) is 0 Å². The van der Waals surface area contributed by atoms with Gasteiger partial charge in [0.05, 0.1) is 0 Å². The normalized spacial score (nSPS) is 10.6. The molecule has 2 rings (SSSR count). The molecule has 0 amide bonds. The zero-order valence-electron chi connectivity index (χ0n) is 11.1. The van der Waals surface area contributed by atoms with Gasteiger partial charge in [-0.3, -0.25) is 4.79 Å². The second-order valence-electron chi connectivity index (χ2n) is 4.47. The van der Waals surface area contributed by atoms with E-state index < -0.39 is 0 Å². The molecule has 0 spiro atoms. The lowest BCUT2D eigenvalue weighted by atomic mass is 10.2. The highest BCUT2D eigenvalue weighted by molar-refractivity contribution is 7.99. The Morgan fingerprint density at radius 3 is 2.79 bits per heavy atom. The van der Waals surface area contributed by atoms with E-state index >= 15 is 0 Å². The lowest BCUT2D eigenvalue weighted by Gasteiger charge is -2.05. The number of aryl methyl sites for hydroxylation is 2. The third-order valence-electron chi connectivity index (χ3n) is 2.57. The molecule has 0 saturated heterocycles. The Kier molecular flexibility index (Phi) is 4.27. The number of hydrogen-bond donors (Lipinski definition) is 2. The predicted octanol–water partition coefficient (Wildman–Crippen LogP) is 2.76. The van der Waals surface area contributed by atoms with Crippen LogP contribution < -0.4 is 11.3 Å². The Morgan fingerprint density at radius 2 is 2.11 bits per heavy atom. The summed E-state index contributed by atoms with van der Waals surface area (Å²) < 4.78 is 0. The highest BCUT2D eigenvalue weighted by Crippen LogP contribution is 2.26. The van der Waals surface area contributed by atoms with Crippen molar-refractivity contribution < 1.29 is 0 Å². The zero-order chi connectivity index (χ0) is 13.8. The fourth-order valence-corrected chi connectivity index (χ4v) is 2.84. The molecule has 1 heterocycles. The zero-order valence-corrected chi connectivity index (χ0v) is 11.9. The molecule has 0 atom stereocenters. The van der Waals surface area contributed by atoms with Crippen LogP contribution in [0.15, 0.2) is 39.1 Å². The molecule has 0 radical (unpaired) electrons. The average Bonchev–Trinajstić information content (AvgIpc) is 2.26. The minimum absolute atomic E-state index is 0.110. The first kappa shape index (κ1) is 13.7. The van der Waals surface area contributed by atoms with E-state index in [1.54, 1.807) is 6.07 Å². The van der Waals surface area contributed by atoms with Gasteiger partial charge < -0.3 is 10.7 Å². The molecular weight excluding hydrogens is 258 g/mol. The number of nitrogens with one attached hydrogen (secondary N) is 1. The van der Waals surface area contributed by atoms with Gasteiger partial charge in [-0.2, -0.15) is 0 Å². The summed E-state index contributed by atoms with van der Waals surface area (Å²) in [4.78, 5) is 19.8. The Bertz CT molecular complexity index is 617. The SMILES string of the molecule is CCCc1cc(=O)[nH]c(Sc2cc(C)cc(N)c2)n1. The Labute approximate surface area is 116 Å². The molecule has 0 fully saturated rings. The highest BCUT2D eigenvalue weighted by atomic mass is 32.2. The fraction of sp³-hybridized carbons (Fsp3) is 0.286. The Morgan fingerprint density at radius 1 is 1.32 bits per heavy atom. The van der Waals surface area contributed by atoms with Crippen LogP contribution >= 0.6 is 11.8 Å². The minimum Gasteiger partial charge on any atom is -0.399 e. The molecule has 0 saturated carbocycles. The molecule has 3 N–H and O–H groups in total. The lowest BCUT2D eigenvalue weighted by molar-refractivity contribution is 0.816. The van der Waals surface area contributed by atoms with E-state index in [1.165, 1.54) is 11.8 Å². The largest absolute Gasteiger partial charge is 0.399 e. The van der Waals surface area contributed by atoms with E-state index in [0.29, 0.717) is 5.16 Å². The molecule has 0 unspecified atom stereocenters. The van der Waals surface area contributed by atoms with Crippen LogP contribution in [0.4, 0.5) is 5.69 Å². The number of rotatable bonds is 4. The maximum Gasteiger partial charge on any atom is 0.251 e. The van der Waals surface area contributed by atoms with Crippen molar-refractivity contribution in [3.8, 4) is 0 Å². The number of anilines is 1. The molecule has 0 aliphatic carbocycles. The summed E-state index contributed by atoms with van der Waals surface area (Å²) >= 11 is 1.42. The monoisotopic (exact) mass is 275 g/mol. The average molecular weight is 275 g/mol. The molecule has 1 aromatic heterocycles. The summed E-state index contributed by atoms with van der Waals surface area (Å²) in [5, 5.41) is 0.612. The number of H-pyrrole nitrogens is 1. The molecule has 4 nitrogen and oxygen atoms in total. The third-order valence-corrected chi connectivity index (χ3v) is 3.42. The van der Waals surface area contributed by atoms with E-state index in [4.69, 9.17) is 5.73 Å². The number of nitrogens with two attached hydrogens (primary N) is 1. The minimum atomic E-state index is -0.110. The topological polar surface area (TPSA) is 71.8 Å². The van der Waals surface area contributed by atoms with Gasteiger partial charge in [-0.25, -0.2) is 4.98 Å². The van der Waals surface area contributed by atoms with Gasteiger partial charge in [-0.1, -0.05) is 25.1 Å². The second-order valence-corrected chi connectivity index (χ2v) is 5.54. The number of aromatic nitrogens is 2. The van der Waals surface area contributed by atoms with Crippen LogP contribution in [0.3, 0.4) is 0 Å². The van der Waals surface area contributed by atoms with Gasteiger partial charge >= 0.3 is 0 Å². The Hall–Kier alpha value is -1.75. The number of nitrogens with zero attached hydrogens (tertiary/aromatic N) is 1. The van der Waals surface area contributed by atoms with Gasteiger partial charge in [0, 0.05) is 22.3 Å². The third kappa shape index (κ3) is 3.86. The quantitative estimate of drug-likeness (QED) is 0.665. The van der Waals surface area contributed by atoms with Crippen LogP contribution in [0.25, 0.3) is 0 Å². The number of nitrogen functional groups attached to an aromatic ring is 1. The fourth-order valence-electron chi connectivity index (χ4n) is 1.86. The summed E-state index contributed by atoms with van der Waals surface area (Å²) in [6.45, 7) is 4.06. The molecule has 19 heavy (non-hydrogen) atoms. The van der Waals surface area contributed by atoms with Crippen molar-refractivity contribution >= 4 is 17.4 Å². The summed E-state index contributed by atoms with van der Waals surface area (Å²) in [7, 11) is 0. The number of aromatic amines is 1. The first-order valence-corrected chi connectivity index (χ1v) is 7.03. The number of hydrogen-bond acceptors (Lipinski definition) is 4.